The van der Waals surface area contributed by atoms with Crippen molar-refractivity contribution < 1.29 is 37.4 Å². The molecule has 9 nitrogen and oxygen atoms in total. The lowest BCUT2D eigenvalue weighted by Crippen LogP contribution is -2.42. The summed E-state index contributed by atoms with van der Waals surface area (Å²) in [6.07, 6.45) is 0. The van der Waals surface area contributed by atoms with E-state index in [1.807, 2.05) is 30.3 Å². The first-order valence-corrected chi connectivity index (χ1v) is 12.3. The van der Waals surface area contributed by atoms with Crippen molar-refractivity contribution in [2.45, 2.75) is 26.0 Å². The summed E-state index contributed by atoms with van der Waals surface area (Å²) in [5.41, 5.74) is 0.286. The summed E-state index contributed by atoms with van der Waals surface area (Å²) in [6.45, 7) is -0.383. The number of hydrogen-bond acceptors (Lipinski definition) is 7. The molecule has 1 atom stereocenters. The number of esters is 1. The van der Waals surface area contributed by atoms with E-state index in [4.69, 9.17) is 4.74 Å². The molecule has 0 saturated carbocycles. The van der Waals surface area contributed by atoms with Crippen LogP contribution in [0.3, 0.4) is 0 Å². The second-order valence-corrected chi connectivity index (χ2v) is 9.22. The van der Waals surface area contributed by atoms with Gasteiger partial charge in [0.1, 0.15) is 28.4 Å². The molecule has 2 aromatic carbocycles. The number of halogens is 2. The molecule has 2 N–H and O–H groups in total. The van der Waals surface area contributed by atoms with Crippen LogP contribution in [-0.4, -0.2) is 48.5 Å². The van der Waals surface area contributed by atoms with Crippen molar-refractivity contribution >= 4 is 40.2 Å². The Labute approximate surface area is 220 Å². The highest BCUT2D eigenvalue weighted by molar-refractivity contribution is 7.15. The maximum Gasteiger partial charge on any atom is 0.387 e. The Balaban J connectivity index is 1.52. The Morgan fingerprint density at radius 3 is 2.42 bits per heavy atom. The van der Waals surface area contributed by atoms with Gasteiger partial charge < -0.3 is 20.1 Å². The van der Waals surface area contributed by atoms with E-state index in [1.54, 1.807) is 12.3 Å². The zero-order chi connectivity index (χ0) is 27.4. The highest BCUT2D eigenvalue weighted by Crippen LogP contribution is 2.36. The largest absolute Gasteiger partial charge is 0.462 e. The van der Waals surface area contributed by atoms with Gasteiger partial charge in [-0.25, -0.2) is 9.59 Å². The first-order chi connectivity index (χ1) is 18.1. The summed E-state index contributed by atoms with van der Waals surface area (Å²) in [5, 5.41) is 7.09. The minimum Gasteiger partial charge on any atom is -0.462 e. The lowest BCUT2D eigenvalue weighted by atomic mass is 9.92. The van der Waals surface area contributed by atoms with Gasteiger partial charge in [-0.15, -0.1) is 11.3 Å². The zero-order valence-corrected chi connectivity index (χ0v) is 21.1. The second kappa shape index (κ2) is 11.0. The third kappa shape index (κ3) is 5.35. The van der Waals surface area contributed by atoms with Crippen molar-refractivity contribution in [2.24, 2.45) is 0 Å². The SMILES string of the molecule is CCOC(=O)c1c(-c2ccccc2)csc1NC(=O)CN1C(=O)NC(C)(c2ccc(OC(F)F)cc2)C1=O. The molecule has 1 unspecified atom stereocenters. The van der Waals surface area contributed by atoms with Crippen molar-refractivity contribution in [1.82, 2.24) is 10.2 Å². The monoisotopic (exact) mass is 543 g/mol. The summed E-state index contributed by atoms with van der Waals surface area (Å²) in [5.74, 6) is -2.14. The number of rotatable bonds is 9. The molecule has 0 bridgehead atoms. The molecule has 1 aliphatic heterocycles. The molecule has 4 rings (SSSR count). The predicted octanol–water partition coefficient (Wildman–Crippen LogP) is 4.60. The molecule has 0 spiro atoms. The molecular weight excluding hydrogens is 520 g/mol. The minimum atomic E-state index is -3.00. The average Bonchev–Trinajstić information content (AvgIpc) is 3.39. The molecule has 1 aromatic heterocycles. The first kappa shape index (κ1) is 26.7. The van der Waals surface area contributed by atoms with Gasteiger partial charge in [-0.3, -0.25) is 14.5 Å². The number of amides is 4. The lowest BCUT2D eigenvalue weighted by Gasteiger charge is -2.22. The summed E-state index contributed by atoms with van der Waals surface area (Å²) in [7, 11) is 0. The fourth-order valence-corrected chi connectivity index (χ4v) is 4.98. The van der Waals surface area contributed by atoms with E-state index in [0.717, 1.165) is 21.8 Å². The first-order valence-electron chi connectivity index (χ1n) is 11.5. The lowest BCUT2D eigenvalue weighted by molar-refractivity contribution is -0.133. The third-order valence-corrected chi connectivity index (χ3v) is 6.74. The molecule has 1 saturated heterocycles. The summed E-state index contributed by atoms with van der Waals surface area (Å²) in [4.78, 5) is 52.2. The van der Waals surface area contributed by atoms with Gasteiger partial charge >= 0.3 is 18.6 Å². The van der Waals surface area contributed by atoms with E-state index in [-0.39, 0.29) is 22.9 Å². The molecule has 4 amide bonds. The van der Waals surface area contributed by atoms with Crippen LogP contribution in [0.25, 0.3) is 11.1 Å². The molecule has 0 radical (unpaired) electrons. The second-order valence-electron chi connectivity index (χ2n) is 8.34. The molecule has 1 aliphatic rings. The average molecular weight is 544 g/mol. The number of carbonyl (C=O) groups is 4. The highest BCUT2D eigenvalue weighted by atomic mass is 32.1. The molecule has 3 aromatic rings. The van der Waals surface area contributed by atoms with Gasteiger partial charge in [0, 0.05) is 10.9 Å². The van der Waals surface area contributed by atoms with E-state index in [2.05, 4.69) is 15.4 Å². The van der Waals surface area contributed by atoms with E-state index < -0.39 is 42.5 Å². The van der Waals surface area contributed by atoms with Crippen LogP contribution in [-0.2, 0) is 19.9 Å². The number of imide groups is 1. The smallest absolute Gasteiger partial charge is 0.387 e. The van der Waals surface area contributed by atoms with Crippen LogP contribution < -0.4 is 15.4 Å². The Morgan fingerprint density at radius 1 is 1.11 bits per heavy atom. The highest BCUT2D eigenvalue weighted by Gasteiger charge is 2.49. The van der Waals surface area contributed by atoms with Gasteiger partial charge in [0.15, 0.2) is 0 Å². The fraction of sp³-hybridized carbons (Fsp3) is 0.231. The zero-order valence-electron chi connectivity index (χ0n) is 20.3. The van der Waals surface area contributed by atoms with E-state index in [0.29, 0.717) is 11.1 Å². The van der Waals surface area contributed by atoms with Crippen LogP contribution in [0.1, 0.15) is 29.8 Å². The number of urea groups is 1. The van der Waals surface area contributed by atoms with Gasteiger partial charge in [-0.1, -0.05) is 42.5 Å². The van der Waals surface area contributed by atoms with E-state index in [1.165, 1.54) is 31.2 Å². The number of alkyl halides is 2. The Kier molecular flexibility index (Phi) is 7.72. The normalized spacial score (nSPS) is 16.9. The van der Waals surface area contributed by atoms with Crippen molar-refractivity contribution in [3.63, 3.8) is 0 Å². The topological polar surface area (TPSA) is 114 Å². The maximum absolute atomic E-state index is 13.2. The van der Waals surface area contributed by atoms with Crippen LogP contribution in [0.4, 0.5) is 18.6 Å². The molecule has 0 aliphatic carbocycles. The third-order valence-electron chi connectivity index (χ3n) is 5.84. The van der Waals surface area contributed by atoms with Crippen molar-refractivity contribution in [3.8, 4) is 16.9 Å². The van der Waals surface area contributed by atoms with Crippen LogP contribution in [0.5, 0.6) is 5.75 Å². The fourth-order valence-electron chi connectivity index (χ4n) is 4.00. The van der Waals surface area contributed by atoms with Crippen LogP contribution in [0.2, 0.25) is 0 Å². The van der Waals surface area contributed by atoms with Gasteiger partial charge in [-0.05, 0) is 37.1 Å². The quantitative estimate of drug-likeness (QED) is 0.301. The Morgan fingerprint density at radius 2 is 1.79 bits per heavy atom. The van der Waals surface area contributed by atoms with E-state index >= 15 is 0 Å². The number of ether oxygens (including phenoxy) is 2. The van der Waals surface area contributed by atoms with Crippen LogP contribution >= 0.6 is 11.3 Å². The van der Waals surface area contributed by atoms with Crippen molar-refractivity contribution in [1.29, 1.82) is 0 Å². The van der Waals surface area contributed by atoms with Crippen LogP contribution in [0, 0.1) is 0 Å². The van der Waals surface area contributed by atoms with Crippen molar-refractivity contribution in [2.75, 3.05) is 18.5 Å². The Hall–Kier alpha value is -4.32. The summed E-state index contributed by atoms with van der Waals surface area (Å²) < 4.78 is 34.4. The van der Waals surface area contributed by atoms with Crippen LogP contribution in [0.15, 0.2) is 60.0 Å². The molecule has 198 valence electrons. The van der Waals surface area contributed by atoms with Gasteiger partial charge in [0.25, 0.3) is 5.91 Å². The number of nitrogens with zero attached hydrogens (tertiary/aromatic N) is 1. The summed E-state index contributed by atoms with van der Waals surface area (Å²) >= 11 is 1.11. The number of nitrogens with one attached hydrogen (secondary N) is 2. The predicted molar refractivity (Wildman–Crippen MR) is 135 cm³/mol. The standard InChI is InChI=1S/C26H23F2N3O6S/c1-3-36-22(33)20-18(15-7-5-4-6-8-15)14-38-21(20)29-19(32)13-31-23(34)26(2,30-25(31)35)16-9-11-17(12-10-16)37-24(27)28/h4-12,14,24H,3,13H2,1-2H3,(H,29,32)(H,30,35). The number of carbonyl (C=O) groups excluding carboxylic acids is 4. The number of anilines is 1. The summed E-state index contributed by atoms with van der Waals surface area (Å²) in [6, 6.07) is 13.5. The number of thiophene rings is 1. The van der Waals surface area contributed by atoms with Gasteiger partial charge in [0.05, 0.1) is 6.61 Å². The Bertz CT molecular complexity index is 1360. The molecule has 1 fully saturated rings. The minimum absolute atomic E-state index is 0.108. The molecule has 2 heterocycles. The van der Waals surface area contributed by atoms with Crippen molar-refractivity contribution in [3.05, 3.63) is 71.1 Å². The molecular formula is C26H23F2N3O6S. The number of hydrogen-bond donors (Lipinski definition) is 2. The van der Waals surface area contributed by atoms with Gasteiger partial charge in [0.2, 0.25) is 5.91 Å². The van der Waals surface area contributed by atoms with Gasteiger partial charge in [-0.2, -0.15) is 8.78 Å². The molecule has 12 heteroatoms. The number of benzene rings is 2. The van der Waals surface area contributed by atoms with E-state index in [9.17, 15) is 28.0 Å². The molecule has 38 heavy (non-hydrogen) atoms. The maximum atomic E-state index is 13.2.